The molecule has 2 N–H and O–H groups in total. The molecule has 2 atom stereocenters. The van der Waals surface area contributed by atoms with Gasteiger partial charge in [0.05, 0.1) is 11.8 Å². The largest absolute Gasteiger partial charge is 0.388 e. The summed E-state index contributed by atoms with van der Waals surface area (Å²) in [6.45, 7) is 2.77. The van der Waals surface area contributed by atoms with Crippen molar-refractivity contribution in [2.24, 2.45) is 5.92 Å². The van der Waals surface area contributed by atoms with Gasteiger partial charge >= 0.3 is 0 Å². The Labute approximate surface area is 96.1 Å². The molecule has 1 aromatic rings. The zero-order valence-corrected chi connectivity index (χ0v) is 9.69. The number of nitrogens with zero attached hydrogens (tertiary/aromatic N) is 2. The normalized spacial score (nSPS) is 30.0. The van der Waals surface area contributed by atoms with E-state index in [0.29, 0.717) is 12.5 Å². The summed E-state index contributed by atoms with van der Waals surface area (Å²) in [7, 11) is 0. The third-order valence-electron chi connectivity index (χ3n) is 3.23. The van der Waals surface area contributed by atoms with Gasteiger partial charge in [-0.1, -0.05) is 19.8 Å². The Bertz CT molecular complexity index is 330. The molecule has 1 aliphatic rings. The van der Waals surface area contributed by atoms with E-state index in [9.17, 15) is 5.11 Å². The maximum atomic E-state index is 10.4. The van der Waals surface area contributed by atoms with Crippen molar-refractivity contribution >= 4 is 5.82 Å². The SMILES string of the molecule is CC1CCCC(O)(CNc2cnccn2)C1. The van der Waals surface area contributed by atoms with E-state index >= 15 is 0 Å². The zero-order chi connectivity index (χ0) is 11.4. The first-order valence-corrected chi connectivity index (χ1v) is 5.90. The average molecular weight is 221 g/mol. The molecular formula is C12H19N3O. The van der Waals surface area contributed by atoms with Gasteiger partial charge < -0.3 is 10.4 Å². The first kappa shape index (κ1) is 11.3. The van der Waals surface area contributed by atoms with E-state index in [1.807, 2.05) is 0 Å². The lowest BCUT2D eigenvalue weighted by Gasteiger charge is -2.35. The van der Waals surface area contributed by atoms with E-state index in [1.165, 1.54) is 6.42 Å². The summed E-state index contributed by atoms with van der Waals surface area (Å²) in [5.74, 6) is 1.34. The molecule has 1 aliphatic carbocycles. The van der Waals surface area contributed by atoms with Gasteiger partial charge in [0, 0.05) is 18.9 Å². The fraction of sp³-hybridized carbons (Fsp3) is 0.667. The Morgan fingerprint density at radius 3 is 3.12 bits per heavy atom. The second-order valence-electron chi connectivity index (χ2n) is 4.87. The number of hydrogen-bond donors (Lipinski definition) is 2. The highest BCUT2D eigenvalue weighted by atomic mass is 16.3. The summed E-state index contributed by atoms with van der Waals surface area (Å²) < 4.78 is 0. The molecule has 2 unspecified atom stereocenters. The second kappa shape index (κ2) is 4.78. The molecule has 0 radical (unpaired) electrons. The predicted octanol–water partition coefficient (Wildman–Crippen LogP) is 1.83. The van der Waals surface area contributed by atoms with Crippen LogP contribution in [0, 0.1) is 5.92 Å². The first-order valence-electron chi connectivity index (χ1n) is 5.90. The van der Waals surface area contributed by atoms with Crippen molar-refractivity contribution in [2.75, 3.05) is 11.9 Å². The minimum atomic E-state index is -0.574. The van der Waals surface area contributed by atoms with Crippen molar-refractivity contribution < 1.29 is 5.11 Å². The summed E-state index contributed by atoms with van der Waals surface area (Å²) in [4.78, 5) is 8.11. The predicted molar refractivity (Wildman–Crippen MR) is 63.1 cm³/mol. The van der Waals surface area contributed by atoms with Crippen LogP contribution in [0.15, 0.2) is 18.6 Å². The molecular weight excluding hydrogens is 202 g/mol. The van der Waals surface area contributed by atoms with Crippen LogP contribution >= 0.6 is 0 Å². The molecule has 1 heterocycles. The molecule has 16 heavy (non-hydrogen) atoms. The van der Waals surface area contributed by atoms with Crippen molar-refractivity contribution in [1.82, 2.24) is 9.97 Å². The molecule has 1 fully saturated rings. The van der Waals surface area contributed by atoms with Crippen LogP contribution in [-0.2, 0) is 0 Å². The maximum Gasteiger partial charge on any atom is 0.144 e. The van der Waals surface area contributed by atoms with E-state index in [1.54, 1.807) is 18.6 Å². The standard InChI is InChI=1S/C12H19N3O/c1-10-3-2-4-12(16,7-10)9-15-11-8-13-5-6-14-11/h5-6,8,10,16H,2-4,7,9H2,1H3,(H,14,15). The van der Waals surface area contributed by atoms with Crippen LogP contribution < -0.4 is 5.32 Å². The Balaban J connectivity index is 1.89. The van der Waals surface area contributed by atoms with Gasteiger partial charge in [0.15, 0.2) is 0 Å². The van der Waals surface area contributed by atoms with Crippen LogP contribution in [0.2, 0.25) is 0 Å². The number of hydrogen-bond acceptors (Lipinski definition) is 4. The number of rotatable bonds is 3. The number of aromatic nitrogens is 2. The lowest BCUT2D eigenvalue weighted by Crippen LogP contribution is -2.41. The summed E-state index contributed by atoms with van der Waals surface area (Å²) in [6.07, 6.45) is 9.06. The van der Waals surface area contributed by atoms with Crippen molar-refractivity contribution in [1.29, 1.82) is 0 Å². The lowest BCUT2D eigenvalue weighted by atomic mass is 9.79. The molecule has 1 saturated carbocycles. The van der Waals surface area contributed by atoms with Crippen molar-refractivity contribution in [2.45, 2.75) is 38.2 Å². The molecule has 0 saturated heterocycles. The van der Waals surface area contributed by atoms with Crippen molar-refractivity contribution in [3.63, 3.8) is 0 Å². The number of aliphatic hydroxyl groups is 1. The second-order valence-corrected chi connectivity index (χ2v) is 4.87. The van der Waals surface area contributed by atoms with Gasteiger partial charge in [-0.25, -0.2) is 4.98 Å². The van der Waals surface area contributed by atoms with E-state index in [0.717, 1.165) is 25.1 Å². The molecule has 4 heteroatoms. The summed E-state index contributed by atoms with van der Waals surface area (Å²) in [6, 6.07) is 0. The molecule has 1 aromatic heterocycles. The molecule has 4 nitrogen and oxygen atoms in total. The van der Waals surface area contributed by atoms with Crippen molar-refractivity contribution in [3.05, 3.63) is 18.6 Å². The third-order valence-corrected chi connectivity index (χ3v) is 3.23. The highest BCUT2D eigenvalue weighted by Gasteiger charge is 2.32. The molecule has 2 rings (SSSR count). The highest BCUT2D eigenvalue weighted by Crippen LogP contribution is 2.32. The van der Waals surface area contributed by atoms with Crippen LogP contribution in [0.3, 0.4) is 0 Å². The van der Waals surface area contributed by atoms with Crippen LogP contribution in [0.25, 0.3) is 0 Å². The fourth-order valence-corrected chi connectivity index (χ4v) is 2.44. The minimum absolute atomic E-state index is 0.566. The van der Waals surface area contributed by atoms with Gasteiger partial charge in [-0.2, -0.15) is 0 Å². The van der Waals surface area contributed by atoms with Crippen LogP contribution in [0.4, 0.5) is 5.82 Å². The van der Waals surface area contributed by atoms with Gasteiger partial charge in [-0.3, -0.25) is 4.98 Å². The lowest BCUT2D eigenvalue weighted by molar-refractivity contribution is -0.000829. The maximum absolute atomic E-state index is 10.4. The van der Waals surface area contributed by atoms with E-state index in [-0.39, 0.29) is 0 Å². The van der Waals surface area contributed by atoms with Gasteiger partial charge in [-0.15, -0.1) is 0 Å². The van der Waals surface area contributed by atoms with E-state index in [4.69, 9.17) is 0 Å². The number of anilines is 1. The Hall–Kier alpha value is -1.16. The average Bonchev–Trinajstić information content (AvgIpc) is 2.28. The van der Waals surface area contributed by atoms with Crippen LogP contribution in [0.5, 0.6) is 0 Å². The molecule has 88 valence electrons. The van der Waals surface area contributed by atoms with Gasteiger partial charge in [0.2, 0.25) is 0 Å². The highest BCUT2D eigenvalue weighted by molar-refractivity contribution is 5.30. The summed E-state index contributed by atoms with van der Waals surface area (Å²) in [5.41, 5.74) is -0.574. The van der Waals surface area contributed by atoms with Crippen LogP contribution in [0.1, 0.15) is 32.6 Å². The minimum Gasteiger partial charge on any atom is -0.388 e. The molecule has 0 aromatic carbocycles. The topological polar surface area (TPSA) is 58.0 Å². The Morgan fingerprint density at radius 2 is 2.44 bits per heavy atom. The summed E-state index contributed by atoms with van der Waals surface area (Å²) in [5, 5.41) is 13.5. The quantitative estimate of drug-likeness (QED) is 0.817. The molecule has 0 bridgehead atoms. The third kappa shape index (κ3) is 2.92. The Morgan fingerprint density at radius 1 is 1.56 bits per heavy atom. The van der Waals surface area contributed by atoms with E-state index in [2.05, 4.69) is 22.2 Å². The van der Waals surface area contributed by atoms with Crippen molar-refractivity contribution in [3.8, 4) is 0 Å². The van der Waals surface area contributed by atoms with Gasteiger partial charge in [0.1, 0.15) is 5.82 Å². The smallest absolute Gasteiger partial charge is 0.144 e. The molecule has 0 spiro atoms. The van der Waals surface area contributed by atoms with E-state index < -0.39 is 5.60 Å². The zero-order valence-electron chi connectivity index (χ0n) is 9.69. The monoisotopic (exact) mass is 221 g/mol. The molecule has 0 amide bonds. The molecule has 0 aliphatic heterocycles. The fourth-order valence-electron chi connectivity index (χ4n) is 2.44. The first-order chi connectivity index (χ1) is 7.68. The van der Waals surface area contributed by atoms with Gasteiger partial charge in [0.25, 0.3) is 0 Å². The van der Waals surface area contributed by atoms with Gasteiger partial charge in [-0.05, 0) is 18.8 Å². The Kier molecular flexibility index (Phi) is 3.39. The van der Waals surface area contributed by atoms with Crippen LogP contribution in [-0.4, -0.2) is 27.2 Å². The number of nitrogens with one attached hydrogen (secondary N) is 1. The summed E-state index contributed by atoms with van der Waals surface area (Å²) >= 11 is 0.